The number of carbonyl (C=O) groups is 1. The van der Waals surface area contributed by atoms with Crippen molar-refractivity contribution in [2.75, 3.05) is 5.32 Å². The van der Waals surface area contributed by atoms with Crippen LogP contribution in [-0.4, -0.2) is 15.7 Å². The molecule has 0 atom stereocenters. The normalized spacial score (nSPS) is 10.4. The molecule has 1 aromatic heterocycles. The van der Waals surface area contributed by atoms with Crippen molar-refractivity contribution in [3.8, 4) is 0 Å². The van der Waals surface area contributed by atoms with Crippen LogP contribution in [0.1, 0.15) is 22.8 Å². The second kappa shape index (κ2) is 5.00. The highest BCUT2D eigenvalue weighted by Crippen LogP contribution is 2.13. The fourth-order valence-electron chi connectivity index (χ4n) is 1.63. The van der Waals surface area contributed by atoms with E-state index in [4.69, 9.17) is 0 Å². The lowest BCUT2D eigenvalue weighted by molar-refractivity contribution is 0.102. The molecular formula is C13H14FN3O. The number of aryl methyl sites for hydroxylation is 2. The van der Waals surface area contributed by atoms with Crippen LogP contribution in [0.25, 0.3) is 0 Å². The first-order valence-corrected chi connectivity index (χ1v) is 5.69. The first kappa shape index (κ1) is 12.3. The summed E-state index contributed by atoms with van der Waals surface area (Å²) in [6.45, 7) is 1.95. The van der Waals surface area contributed by atoms with Crippen molar-refractivity contribution in [3.63, 3.8) is 0 Å². The summed E-state index contributed by atoms with van der Waals surface area (Å²) in [4.78, 5) is 11.9. The molecule has 1 heterocycles. The second-order valence-electron chi connectivity index (χ2n) is 4.00. The van der Waals surface area contributed by atoms with Crippen LogP contribution in [0.4, 0.5) is 10.2 Å². The number of aromatic nitrogens is 2. The zero-order chi connectivity index (χ0) is 13.1. The van der Waals surface area contributed by atoms with Crippen molar-refractivity contribution in [1.82, 2.24) is 9.78 Å². The largest absolute Gasteiger partial charge is 0.305 e. The summed E-state index contributed by atoms with van der Waals surface area (Å²) in [5.41, 5.74) is 0.961. The number of amides is 1. The molecule has 1 amide bonds. The number of anilines is 1. The van der Waals surface area contributed by atoms with Crippen molar-refractivity contribution < 1.29 is 9.18 Å². The van der Waals surface area contributed by atoms with Crippen molar-refractivity contribution in [1.29, 1.82) is 0 Å². The third-order valence-corrected chi connectivity index (χ3v) is 2.64. The lowest BCUT2D eigenvalue weighted by Crippen LogP contribution is -2.14. The molecule has 1 N–H and O–H groups in total. The Morgan fingerprint density at radius 3 is 2.83 bits per heavy atom. The van der Waals surface area contributed by atoms with Gasteiger partial charge in [0.05, 0.1) is 5.56 Å². The minimum absolute atomic E-state index is 0.0417. The SMILES string of the molecule is CCc1ccc(F)c(C(=O)Nc2ccn(C)n2)c1. The highest BCUT2D eigenvalue weighted by atomic mass is 19.1. The van der Waals surface area contributed by atoms with Gasteiger partial charge in [-0.15, -0.1) is 0 Å². The molecule has 0 saturated carbocycles. The van der Waals surface area contributed by atoms with E-state index in [9.17, 15) is 9.18 Å². The topological polar surface area (TPSA) is 46.9 Å². The fraction of sp³-hybridized carbons (Fsp3) is 0.231. The number of nitrogens with zero attached hydrogens (tertiary/aromatic N) is 2. The molecule has 2 rings (SSSR count). The van der Waals surface area contributed by atoms with E-state index in [1.165, 1.54) is 6.07 Å². The van der Waals surface area contributed by atoms with Crippen LogP contribution >= 0.6 is 0 Å². The molecule has 4 nitrogen and oxygen atoms in total. The van der Waals surface area contributed by atoms with E-state index < -0.39 is 11.7 Å². The van der Waals surface area contributed by atoms with E-state index >= 15 is 0 Å². The predicted molar refractivity (Wildman–Crippen MR) is 66.9 cm³/mol. The Labute approximate surface area is 104 Å². The van der Waals surface area contributed by atoms with Gasteiger partial charge in [-0.25, -0.2) is 4.39 Å². The van der Waals surface area contributed by atoms with E-state index in [1.54, 1.807) is 36.1 Å². The summed E-state index contributed by atoms with van der Waals surface area (Å²) in [6.07, 6.45) is 2.46. The Morgan fingerprint density at radius 2 is 2.22 bits per heavy atom. The molecule has 2 aromatic rings. The van der Waals surface area contributed by atoms with E-state index in [0.717, 1.165) is 12.0 Å². The van der Waals surface area contributed by atoms with Gasteiger partial charge in [0.2, 0.25) is 0 Å². The van der Waals surface area contributed by atoms with Gasteiger partial charge < -0.3 is 5.32 Å². The maximum atomic E-state index is 13.6. The average Bonchev–Trinajstić information content (AvgIpc) is 2.75. The molecule has 0 aliphatic carbocycles. The highest BCUT2D eigenvalue weighted by molar-refractivity contribution is 6.04. The molecule has 0 radical (unpaired) electrons. The Morgan fingerprint density at radius 1 is 1.44 bits per heavy atom. The van der Waals surface area contributed by atoms with Gasteiger partial charge >= 0.3 is 0 Å². The van der Waals surface area contributed by atoms with Crippen LogP contribution in [0.2, 0.25) is 0 Å². The molecule has 0 unspecified atom stereocenters. The Bertz CT molecular complexity index is 577. The molecular weight excluding hydrogens is 233 g/mol. The number of halogens is 1. The summed E-state index contributed by atoms with van der Waals surface area (Å²) < 4.78 is 15.1. The Balaban J connectivity index is 2.23. The monoisotopic (exact) mass is 247 g/mol. The number of benzene rings is 1. The molecule has 0 aliphatic heterocycles. The molecule has 0 saturated heterocycles. The van der Waals surface area contributed by atoms with Crippen LogP contribution < -0.4 is 5.32 Å². The summed E-state index contributed by atoms with van der Waals surface area (Å²) in [5, 5.41) is 6.57. The first-order chi connectivity index (χ1) is 8.60. The van der Waals surface area contributed by atoms with Gasteiger partial charge in [0, 0.05) is 19.3 Å². The lowest BCUT2D eigenvalue weighted by Gasteiger charge is -2.05. The minimum Gasteiger partial charge on any atom is -0.305 e. The fourth-order valence-corrected chi connectivity index (χ4v) is 1.63. The van der Waals surface area contributed by atoms with Gasteiger partial charge in [-0.05, 0) is 24.1 Å². The predicted octanol–water partition coefficient (Wildman–Crippen LogP) is 2.37. The first-order valence-electron chi connectivity index (χ1n) is 5.69. The zero-order valence-corrected chi connectivity index (χ0v) is 10.3. The molecule has 0 bridgehead atoms. The molecule has 1 aromatic carbocycles. The van der Waals surface area contributed by atoms with Gasteiger partial charge in [0.25, 0.3) is 5.91 Å². The van der Waals surface area contributed by atoms with Gasteiger partial charge in [0.1, 0.15) is 5.82 Å². The number of hydrogen-bond acceptors (Lipinski definition) is 2. The van der Waals surface area contributed by atoms with Crippen LogP contribution in [0, 0.1) is 5.82 Å². The number of carbonyl (C=O) groups excluding carboxylic acids is 1. The third kappa shape index (κ3) is 2.56. The summed E-state index contributed by atoms with van der Waals surface area (Å²) in [7, 11) is 1.74. The van der Waals surface area contributed by atoms with Crippen LogP contribution in [0.3, 0.4) is 0 Å². The van der Waals surface area contributed by atoms with Gasteiger partial charge in [-0.3, -0.25) is 9.48 Å². The van der Waals surface area contributed by atoms with E-state index in [0.29, 0.717) is 5.82 Å². The van der Waals surface area contributed by atoms with Crippen molar-refractivity contribution in [2.24, 2.45) is 7.05 Å². The zero-order valence-electron chi connectivity index (χ0n) is 10.3. The highest BCUT2D eigenvalue weighted by Gasteiger charge is 2.13. The van der Waals surface area contributed by atoms with Crippen LogP contribution in [-0.2, 0) is 13.5 Å². The second-order valence-corrected chi connectivity index (χ2v) is 4.00. The summed E-state index contributed by atoms with van der Waals surface area (Å²) in [5.74, 6) is -0.606. The number of nitrogens with one attached hydrogen (secondary N) is 1. The standard InChI is InChI=1S/C13H14FN3O/c1-3-9-4-5-11(14)10(8-9)13(18)15-12-6-7-17(2)16-12/h4-8H,3H2,1-2H3,(H,15,16,18). The van der Waals surface area contributed by atoms with Gasteiger partial charge in [-0.1, -0.05) is 13.0 Å². The van der Waals surface area contributed by atoms with E-state index in [-0.39, 0.29) is 5.56 Å². The Hall–Kier alpha value is -2.17. The quantitative estimate of drug-likeness (QED) is 0.905. The molecule has 0 spiro atoms. The van der Waals surface area contributed by atoms with Crippen LogP contribution in [0.15, 0.2) is 30.5 Å². The average molecular weight is 247 g/mol. The minimum atomic E-state index is -0.527. The summed E-state index contributed by atoms with van der Waals surface area (Å²) in [6, 6.07) is 6.20. The molecule has 18 heavy (non-hydrogen) atoms. The molecule has 5 heteroatoms. The Kier molecular flexibility index (Phi) is 3.41. The summed E-state index contributed by atoms with van der Waals surface area (Å²) >= 11 is 0. The van der Waals surface area contributed by atoms with Crippen LogP contribution in [0.5, 0.6) is 0 Å². The lowest BCUT2D eigenvalue weighted by atomic mass is 10.1. The van der Waals surface area contributed by atoms with Crippen molar-refractivity contribution in [2.45, 2.75) is 13.3 Å². The van der Waals surface area contributed by atoms with Crippen molar-refractivity contribution in [3.05, 3.63) is 47.4 Å². The number of hydrogen-bond donors (Lipinski definition) is 1. The third-order valence-electron chi connectivity index (χ3n) is 2.64. The van der Waals surface area contributed by atoms with E-state index in [1.807, 2.05) is 6.92 Å². The number of rotatable bonds is 3. The smallest absolute Gasteiger partial charge is 0.259 e. The molecule has 94 valence electrons. The maximum Gasteiger partial charge on any atom is 0.259 e. The molecule has 0 aliphatic rings. The van der Waals surface area contributed by atoms with Crippen molar-refractivity contribution >= 4 is 11.7 Å². The van der Waals surface area contributed by atoms with Gasteiger partial charge in [0.15, 0.2) is 5.82 Å². The maximum absolute atomic E-state index is 13.6. The molecule has 0 fully saturated rings. The van der Waals surface area contributed by atoms with E-state index in [2.05, 4.69) is 10.4 Å². The van der Waals surface area contributed by atoms with Gasteiger partial charge in [-0.2, -0.15) is 5.10 Å².